The van der Waals surface area contributed by atoms with Gasteiger partial charge in [0, 0.05) is 37.6 Å². The van der Waals surface area contributed by atoms with E-state index in [1.807, 2.05) is 4.90 Å². The van der Waals surface area contributed by atoms with Crippen LogP contribution in [0.25, 0.3) is 0 Å². The van der Waals surface area contributed by atoms with Gasteiger partial charge in [-0.2, -0.15) is 0 Å². The topological polar surface area (TPSA) is 73.8 Å². The zero-order valence-corrected chi connectivity index (χ0v) is 15.9. The number of benzene rings is 2. The molecule has 2 aromatic rings. The number of anilines is 1. The highest BCUT2D eigenvalue weighted by atomic mass is 19.1. The van der Waals surface area contributed by atoms with Crippen molar-refractivity contribution in [2.45, 2.75) is 18.5 Å². The monoisotopic (exact) mass is 416 g/mol. The first kappa shape index (κ1) is 20.1. The molecule has 4 rings (SSSR count). The molecule has 0 saturated carbocycles. The van der Waals surface area contributed by atoms with Crippen molar-refractivity contribution in [3.63, 3.8) is 0 Å². The fourth-order valence-corrected chi connectivity index (χ4v) is 3.67. The van der Waals surface area contributed by atoms with Crippen LogP contribution in [-0.4, -0.2) is 47.7 Å². The van der Waals surface area contributed by atoms with Gasteiger partial charge in [-0.3, -0.25) is 19.5 Å². The number of halogens is 3. The molecule has 0 aromatic heterocycles. The number of hydrogen-bond acceptors (Lipinski definition) is 4. The molecule has 0 bridgehead atoms. The lowest BCUT2D eigenvalue weighted by molar-refractivity contribution is -0.119. The van der Waals surface area contributed by atoms with Gasteiger partial charge >= 0.3 is 0 Å². The van der Waals surface area contributed by atoms with E-state index in [0.717, 1.165) is 6.07 Å². The molecule has 9 heteroatoms. The van der Waals surface area contributed by atoms with E-state index in [9.17, 15) is 22.8 Å². The third-order valence-corrected chi connectivity index (χ3v) is 5.26. The summed E-state index contributed by atoms with van der Waals surface area (Å²) in [5.41, 5.74) is 0.00461. The largest absolute Gasteiger partial charge is 0.326 e. The van der Waals surface area contributed by atoms with E-state index in [1.165, 1.54) is 30.3 Å². The molecule has 2 amide bonds. The molecule has 0 radical (unpaired) electrons. The fourth-order valence-electron chi connectivity index (χ4n) is 3.67. The number of carbonyl (C=O) groups excluding carboxylic acids is 2. The SMILES string of the molecule is O=C(CN1CCC2(CC1)N=C(c1ccc(F)cc1)C(=O)N2)Nc1ccc(F)cc1F. The third kappa shape index (κ3) is 4.20. The van der Waals surface area contributed by atoms with Crippen molar-refractivity contribution < 1.29 is 22.8 Å². The number of nitrogens with one attached hydrogen (secondary N) is 2. The second-order valence-electron chi connectivity index (χ2n) is 7.40. The predicted octanol–water partition coefficient (Wildman–Crippen LogP) is 2.45. The average molecular weight is 416 g/mol. The number of hydrogen-bond donors (Lipinski definition) is 2. The lowest BCUT2D eigenvalue weighted by Crippen LogP contribution is -2.52. The second kappa shape index (κ2) is 7.91. The first-order chi connectivity index (χ1) is 14.3. The number of rotatable bonds is 4. The van der Waals surface area contributed by atoms with Crippen molar-refractivity contribution in [2.75, 3.05) is 25.0 Å². The molecule has 0 aliphatic carbocycles. The van der Waals surface area contributed by atoms with Gasteiger partial charge < -0.3 is 10.6 Å². The van der Waals surface area contributed by atoms with E-state index in [0.29, 0.717) is 37.6 Å². The van der Waals surface area contributed by atoms with E-state index in [4.69, 9.17) is 0 Å². The van der Waals surface area contributed by atoms with Gasteiger partial charge in [-0.1, -0.05) is 0 Å². The molecule has 2 aliphatic heterocycles. The number of amides is 2. The van der Waals surface area contributed by atoms with Gasteiger partial charge in [0.05, 0.1) is 12.2 Å². The molecule has 30 heavy (non-hydrogen) atoms. The lowest BCUT2D eigenvalue weighted by Gasteiger charge is -2.36. The Kier molecular flexibility index (Phi) is 5.29. The van der Waals surface area contributed by atoms with E-state index >= 15 is 0 Å². The maximum absolute atomic E-state index is 13.7. The van der Waals surface area contributed by atoms with Crippen molar-refractivity contribution in [3.8, 4) is 0 Å². The summed E-state index contributed by atoms with van der Waals surface area (Å²) in [5, 5.41) is 5.35. The Morgan fingerprint density at radius 1 is 1.07 bits per heavy atom. The Morgan fingerprint density at radius 3 is 2.40 bits per heavy atom. The van der Waals surface area contributed by atoms with Gasteiger partial charge in [-0.25, -0.2) is 13.2 Å². The van der Waals surface area contributed by atoms with Gasteiger partial charge in [0.2, 0.25) is 5.91 Å². The first-order valence-electron chi connectivity index (χ1n) is 9.49. The second-order valence-corrected chi connectivity index (χ2v) is 7.40. The summed E-state index contributed by atoms with van der Waals surface area (Å²) in [6, 6.07) is 8.54. The van der Waals surface area contributed by atoms with Crippen LogP contribution in [0.1, 0.15) is 18.4 Å². The smallest absolute Gasteiger partial charge is 0.272 e. The number of carbonyl (C=O) groups is 2. The minimum atomic E-state index is -0.836. The molecule has 2 aromatic carbocycles. The number of piperidine rings is 1. The molecule has 0 unspecified atom stereocenters. The average Bonchev–Trinajstić information content (AvgIpc) is 3.03. The maximum atomic E-state index is 13.7. The summed E-state index contributed by atoms with van der Waals surface area (Å²) < 4.78 is 39.8. The van der Waals surface area contributed by atoms with E-state index in [2.05, 4.69) is 15.6 Å². The lowest BCUT2D eigenvalue weighted by atomic mass is 9.98. The number of aliphatic imine (C=N–C) groups is 1. The van der Waals surface area contributed by atoms with Gasteiger partial charge in [0.1, 0.15) is 28.8 Å². The van der Waals surface area contributed by atoms with Crippen molar-refractivity contribution in [1.82, 2.24) is 10.2 Å². The van der Waals surface area contributed by atoms with Crippen LogP contribution in [0.15, 0.2) is 47.5 Å². The van der Waals surface area contributed by atoms with Crippen LogP contribution >= 0.6 is 0 Å². The standard InChI is InChI=1S/C21H19F3N4O2/c22-14-3-1-13(2-4-14)19-20(30)27-21(26-19)7-9-28(10-8-21)12-18(29)25-17-6-5-15(23)11-16(17)24/h1-6,11H,7-10,12H2,(H,25,29)(H,27,30). The fraction of sp³-hybridized carbons (Fsp3) is 0.286. The van der Waals surface area contributed by atoms with Crippen LogP contribution < -0.4 is 10.6 Å². The van der Waals surface area contributed by atoms with E-state index in [1.54, 1.807) is 0 Å². The molecule has 1 fully saturated rings. The maximum Gasteiger partial charge on any atom is 0.272 e. The molecular formula is C21H19F3N4O2. The van der Waals surface area contributed by atoms with Crippen LogP contribution in [-0.2, 0) is 9.59 Å². The molecule has 0 atom stereocenters. The Balaban J connectivity index is 1.36. The Labute approximate surface area is 170 Å². The zero-order valence-electron chi connectivity index (χ0n) is 15.9. The van der Waals surface area contributed by atoms with E-state index < -0.39 is 23.2 Å². The summed E-state index contributed by atoms with van der Waals surface area (Å²) in [6.07, 6.45) is 1.00. The summed E-state index contributed by atoms with van der Waals surface area (Å²) in [6.45, 7) is 1.04. The van der Waals surface area contributed by atoms with E-state index in [-0.39, 0.29) is 29.7 Å². The Morgan fingerprint density at radius 2 is 1.73 bits per heavy atom. The molecule has 6 nitrogen and oxygen atoms in total. The number of likely N-dealkylation sites (tertiary alicyclic amines) is 1. The Bertz CT molecular complexity index is 1020. The van der Waals surface area contributed by atoms with Crippen molar-refractivity contribution in [1.29, 1.82) is 0 Å². The predicted molar refractivity (Wildman–Crippen MR) is 104 cm³/mol. The van der Waals surface area contributed by atoms with Crippen LogP contribution in [0, 0.1) is 17.5 Å². The van der Waals surface area contributed by atoms with Crippen LogP contribution in [0.2, 0.25) is 0 Å². The summed E-state index contributed by atoms with van der Waals surface area (Å²) in [5.74, 6) is -2.66. The van der Waals surface area contributed by atoms with Gasteiger partial charge in [0.25, 0.3) is 5.91 Å². The third-order valence-electron chi connectivity index (χ3n) is 5.26. The quantitative estimate of drug-likeness (QED) is 0.804. The molecule has 1 saturated heterocycles. The summed E-state index contributed by atoms with van der Waals surface area (Å²) in [7, 11) is 0. The van der Waals surface area contributed by atoms with Crippen LogP contribution in [0.5, 0.6) is 0 Å². The highest BCUT2D eigenvalue weighted by Gasteiger charge is 2.42. The van der Waals surface area contributed by atoms with Crippen molar-refractivity contribution >= 4 is 23.2 Å². The highest BCUT2D eigenvalue weighted by molar-refractivity contribution is 6.46. The van der Waals surface area contributed by atoms with Gasteiger partial charge in [-0.05, 0) is 36.4 Å². The normalized spacial score (nSPS) is 18.2. The van der Waals surface area contributed by atoms with Crippen LogP contribution in [0.4, 0.5) is 18.9 Å². The molecule has 1 spiro atoms. The first-order valence-corrected chi connectivity index (χ1v) is 9.49. The molecule has 2 N–H and O–H groups in total. The molecular weight excluding hydrogens is 397 g/mol. The molecule has 156 valence electrons. The summed E-state index contributed by atoms with van der Waals surface area (Å²) >= 11 is 0. The van der Waals surface area contributed by atoms with Gasteiger partial charge in [0.15, 0.2) is 0 Å². The molecule has 2 aliphatic rings. The minimum Gasteiger partial charge on any atom is -0.326 e. The summed E-state index contributed by atoms with van der Waals surface area (Å²) in [4.78, 5) is 31.0. The van der Waals surface area contributed by atoms with Gasteiger partial charge in [-0.15, -0.1) is 0 Å². The van der Waals surface area contributed by atoms with Crippen molar-refractivity contribution in [3.05, 3.63) is 65.5 Å². The highest BCUT2D eigenvalue weighted by Crippen LogP contribution is 2.29. The molecule has 2 heterocycles. The minimum absolute atomic E-state index is 0.0371. The van der Waals surface area contributed by atoms with Crippen LogP contribution in [0.3, 0.4) is 0 Å². The van der Waals surface area contributed by atoms with Crippen molar-refractivity contribution in [2.24, 2.45) is 4.99 Å². The Hall–Kier alpha value is -3.20. The number of nitrogens with zero attached hydrogens (tertiary/aromatic N) is 2. The zero-order chi connectivity index (χ0) is 21.3.